The maximum Gasteiger partial charge on any atom is 0.257 e. The van der Waals surface area contributed by atoms with Crippen LogP contribution in [0.25, 0.3) is 0 Å². The summed E-state index contributed by atoms with van der Waals surface area (Å²) in [6.07, 6.45) is 6.98. The SMILES string of the molecule is O=C(c1cncnc1)N1CCCC2CNCC21. The Hall–Kier alpha value is -1.49. The number of nitrogens with zero attached hydrogens (tertiary/aromatic N) is 3. The van der Waals surface area contributed by atoms with Crippen LogP contribution in [0, 0.1) is 5.92 Å². The van der Waals surface area contributed by atoms with Gasteiger partial charge >= 0.3 is 0 Å². The first-order valence-corrected chi connectivity index (χ1v) is 6.13. The number of carbonyl (C=O) groups excluding carboxylic acids is 1. The van der Waals surface area contributed by atoms with Crippen LogP contribution in [0.2, 0.25) is 0 Å². The van der Waals surface area contributed by atoms with Crippen LogP contribution in [0.4, 0.5) is 0 Å². The van der Waals surface area contributed by atoms with Crippen molar-refractivity contribution in [3.8, 4) is 0 Å². The van der Waals surface area contributed by atoms with E-state index in [0.29, 0.717) is 17.5 Å². The average molecular weight is 232 g/mol. The Labute approximate surface area is 100 Å². The zero-order chi connectivity index (χ0) is 11.7. The smallest absolute Gasteiger partial charge is 0.257 e. The maximum absolute atomic E-state index is 12.4. The molecule has 3 rings (SSSR count). The van der Waals surface area contributed by atoms with Crippen molar-refractivity contribution in [3.63, 3.8) is 0 Å². The molecule has 0 aromatic carbocycles. The van der Waals surface area contributed by atoms with E-state index >= 15 is 0 Å². The van der Waals surface area contributed by atoms with Crippen LogP contribution in [0.5, 0.6) is 0 Å². The second-order valence-electron chi connectivity index (χ2n) is 4.75. The van der Waals surface area contributed by atoms with Gasteiger partial charge in [0.25, 0.3) is 5.91 Å². The summed E-state index contributed by atoms with van der Waals surface area (Å²) in [6, 6.07) is 0.358. The van der Waals surface area contributed by atoms with Crippen molar-refractivity contribution >= 4 is 5.91 Å². The summed E-state index contributed by atoms with van der Waals surface area (Å²) in [5, 5.41) is 3.38. The first-order chi connectivity index (χ1) is 8.36. The third kappa shape index (κ3) is 1.91. The van der Waals surface area contributed by atoms with Gasteiger partial charge < -0.3 is 10.2 Å². The van der Waals surface area contributed by atoms with Crippen LogP contribution in [0.1, 0.15) is 23.2 Å². The van der Waals surface area contributed by atoms with Crippen LogP contribution >= 0.6 is 0 Å². The van der Waals surface area contributed by atoms with Gasteiger partial charge in [-0.15, -0.1) is 0 Å². The molecule has 2 fully saturated rings. The lowest BCUT2D eigenvalue weighted by Gasteiger charge is -2.37. The number of rotatable bonds is 1. The largest absolute Gasteiger partial charge is 0.334 e. The van der Waals surface area contributed by atoms with Gasteiger partial charge in [-0.2, -0.15) is 0 Å². The van der Waals surface area contributed by atoms with Crippen molar-refractivity contribution < 1.29 is 4.79 Å². The van der Waals surface area contributed by atoms with E-state index in [4.69, 9.17) is 0 Å². The summed E-state index contributed by atoms with van der Waals surface area (Å²) in [7, 11) is 0. The Morgan fingerprint density at radius 2 is 2.18 bits per heavy atom. The molecule has 1 aromatic rings. The van der Waals surface area contributed by atoms with E-state index in [0.717, 1.165) is 26.1 Å². The molecule has 0 spiro atoms. The molecule has 0 saturated carbocycles. The molecule has 5 heteroatoms. The molecule has 2 aliphatic heterocycles. The molecular formula is C12H16N4O. The third-order valence-corrected chi connectivity index (χ3v) is 3.75. The molecule has 90 valence electrons. The Kier molecular flexibility index (Phi) is 2.76. The number of amides is 1. The van der Waals surface area contributed by atoms with E-state index in [1.165, 1.54) is 12.7 Å². The lowest BCUT2D eigenvalue weighted by atomic mass is 9.91. The van der Waals surface area contributed by atoms with Crippen LogP contribution in [-0.2, 0) is 0 Å². The van der Waals surface area contributed by atoms with Crippen molar-refractivity contribution in [2.24, 2.45) is 5.92 Å². The Morgan fingerprint density at radius 3 is 3.00 bits per heavy atom. The van der Waals surface area contributed by atoms with Crippen LogP contribution in [-0.4, -0.2) is 46.5 Å². The lowest BCUT2D eigenvalue weighted by Crippen LogP contribution is -2.48. The van der Waals surface area contributed by atoms with E-state index in [2.05, 4.69) is 15.3 Å². The zero-order valence-corrected chi connectivity index (χ0v) is 9.67. The monoisotopic (exact) mass is 232 g/mol. The topological polar surface area (TPSA) is 58.1 Å². The van der Waals surface area contributed by atoms with Crippen LogP contribution in [0.15, 0.2) is 18.7 Å². The minimum atomic E-state index is 0.0731. The fourth-order valence-corrected chi connectivity index (χ4v) is 2.90. The number of aromatic nitrogens is 2. The molecule has 1 aromatic heterocycles. The molecule has 2 atom stereocenters. The second kappa shape index (κ2) is 4.41. The molecule has 1 N–H and O–H groups in total. The van der Waals surface area contributed by atoms with Crippen molar-refractivity contribution in [1.29, 1.82) is 0 Å². The van der Waals surface area contributed by atoms with Crippen molar-refractivity contribution in [2.45, 2.75) is 18.9 Å². The highest BCUT2D eigenvalue weighted by molar-refractivity contribution is 5.93. The quantitative estimate of drug-likeness (QED) is 0.756. The number of piperidine rings is 1. The highest BCUT2D eigenvalue weighted by atomic mass is 16.2. The summed E-state index contributed by atoms with van der Waals surface area (Å²) in [5.74, 6) is 0.696. The number of fused-ring (bicyclic) bond motifs is 1. The molecule has 0 bridgehead atoms. The Balaban J connectivity index is 1.81. The summed E-state index contributed by atoms with van der Waals surface area (Å²) in [5.41, 5.74) is 0.597. The third-order valence-electron chi connectivity index (χ3n) is 3.75. The van der Waals surface area contributed by atoms with Gasteiger partial charge in [0, 0.05) is 38.1 Å². The molecule has 2 unspecified atom stereocenters. The van der Waals surface area contributed by atoms with Gasteiger partial charge in [-0.25, -0.2) is 9.97 Å². The first kappa shape index (κ1) is 10.7. The predicted molar refractivity (Wildman–Crippen MR) is 62.5 cm³/mol. The minimum Gasteiger partial charge on any atom is -0.334 e. The summed E-state index contributed by atoms with van der Waals surface area (Å²) < 4.78 is 0. The number of nitrogens with one attached hydrogen (secondary N) is 1. The number of hydrogen-bond acceptors (Lipinski definition) is 4. The number of carbonyl (C=O) groups is 1. The van der Waals surface area contributed by atoms with Crippen LogP contribution < -0.4 is 5.32 Å². The minimum absolute atomic E-state index is 0.0731. The van der Waals surface area contributed by atoms with Gasteiger partial charge in [-0.05, 0) is 18.8 Å². The highest BCUT2D eigenvalue weighted by Gasteiger charge is 2.37. The van der Waals surface area contributed by atoms with Crippen molar-refractivity contribution in [2.75, 3.05) is 19.6 Å². The second-order valence-corrected chi connectivity index (χ2v) is 4.75. The van der Waals surface area contributed by atoms with Gasteiger partial charge in [0.1, 0.15) is 6.33 Å². The summed E-state index contributed by atoms with van der Waals surface area (Å²) in [4.78, 5) is 22.2. The van der Waals surface area contributed by atoms with E-state index in [9.17, 15) is 4.79 Å². The van der Waals surface area contributed by atoms with Gasteiger partial charge in [0.05, 0.1) is 5.56 Å². The molecule has 5 nitrogen and oxygen atoms in total. The highest BCUT2D eigenvalue weighted by Crippen LogP contribution is 2.27. The summed E-state index contributed by atoms with van der Waals surface area (Å²) >= 11 is 0. The molecule has 2 aliphatic rings. The van der Waals surface area contributed by atoms with Crippen molar-refractivity contribution in [3.05, 3.63) is 24.3 Å². The number of likely N-dealkylation sites (tertiary alicyclic amines) is 1. The lowest BCUT2D eigenvalue weighted by molar-refractivity contribution is 0.0574. The molecule has 2 saturated heterocycles. The van der Waals surface area contributed by atoms with E-state index in [-0.39, 0.29) is 5.91 Å². The fourth-order valence-electron chi connectivity index (χ4n) is 2.90. The first-order valence-electron chi connectivity index (χ1n) is 6.13. The van der Waals surface area contributed by atoms with Gasteiger partial charge in [-0.3, -0.25) is 4.79 Å². The molecule has 0 aliphatic carbocycles. The standard InChI is InChI=1S/C12H16N4O/c17-12(10-5-14-8-15-6-10)16-3-1-2-9-4-13-7-11(9)16/h5-6,8-9,11,13H,1-4,7H2. The van der Waals surface area contributed by atoms with Gasteiger partial charge in [0.2, 0.25) is 0 Å². The normalized spacial score (nSPS) is 27.9. The van der Waals surface area contributed by atoms with Gasteiger partial charge in [0.15, 0.2) is 0 Å². The van der Waals surface area contributed by atoms with Gasteiger partial charge in [-0.1, -0.05) is 0 Å². The molecule has 17 heavy (non-hydrogen) atoms. The van der Waals surface area contributed by atoms with E-state index in [1.807, 2.05) is 4.90 Å². The summed E-state index contributed by atoms with van der Waals surface area (Å²) in [6.45, 7) is 2.82. The Bertz CT molecular complexity index is 408. The predicted octanol–water partition coefficient (Wildman–Crippen LogP) is 0.301. The van der Waals surface area contributed by atoms with E-state index in [1.54, 1.807) is 12.4 Å². The number of hydrogen-bond donors (Lipinski definition) is 1. The molecule has 0 radical (unpaired) electrons. The fraction of sp³-hybridized carbons (Fsp3) is 0.583. The molecule has 1 amide bonds. The average Bonchev–Trinajstić information content (AvgIpc) is 2.87. The van der Waals surface area contributed by atoms with Crippen molar-refractivity contribution in [1.82, 2.24) is 20.2 Å². The molecule has 3 heterocycles. The van der Waals surface area contributed by atoms with E-state index < -0.39 is 0 Å². The van der Waals surface area contributed by atoms with Crippen LogP contribution in [0.3, 0.4) is 0 Å². The molecular weight excluding hydrogens is 216 g/mol. The maximum atomic E-state index is 12.4. The zero-order valence-electron chi connectivity index (χ0n) is 9.67. The Morgan fingerprint density at radius 1 is 1.35 bits per heavy atom.